The third-order valence-corrected chi connectivity index (χ3v) is 13.7. The minimum atomic E-state index is -0.794. The first-order valence-corrected chi connectivity index (χ1v) is 31.4. The molecule has 6 nitrogen and oxygen atoms in total. The van der Waals surface area contributed by atoms with E-state index in [1.807, 2.05) is 0 Å². The quantitative estimate of drug-likeness (QED) is 0.0261. The highest BCUT2D eigenvalue weighted by Gasteiger charge is 2.19. The van der Waals surface area contributed by atoms with Gasteiger partial charge in [0.15, 0.2) is 6.10 Å². The summed E-state index contributed by atoms with van der Waals surface area (Å²) in [5.41, 5.74) is 0. The molecule has 0 bridgehead atoms. The maximum absolute atomic E-state index is 12.9. The molecule has 0 aliphatic carbocycles. The maximum atomic E-state index is 12.9. The Balaban J connectivity index is 4.41. The molecule has 73 heavy (non-hydrogen) atoms. The number of allylic oxidation sites excluding steroid dienone is 12. The van der Waals surface area contributed by atoms with Gasteiger partial charge in [0.25, 0.3) is 0 Å². The Labute approximate surface area is 453 Å². The smallest absolute Gasteiger partial charge is 0.306 e. The lowest BCUT2D eigenvalue weighted by molar-refractivity contribution is -0.167. The van der Waals surface area contributed by atoms with Crippen LogP contribution in [0, 0.1) is 0 Å². The number of carbonyl (C=O) groups is 3. The molecule has 0 aromatic rings. The summed E-state index contributed by atoms with van der Waals surface area (Å²) < 4.78 is 16.9. The predicted molar refractivity (Wildman–Crippen MR) is 316 cm³/mol. The molecule has 1 atom stereocenters. The number of hydrogen-bond donors (Lipinski definition) is 0. The monoisotopic (exact) mass is 1020 g/mol. The largest absolute Gasteiger partial charge is 0.462 e. The molecule has 0 saturated carbocycles. The van der Waals surface area contributed by atoms with Crippen molar-refractivity contribution in [2.45, 2.75) is 322 Å². The van der Waals surface area contributed by atoms with E-state index in [0.717, 1.165) is 103 Å². The first kappa shape index (κ1) is 69.8. The van der Waals surface area contributed by atoms with Crippen LogP contribution in [0.1, 0.15) is 316 Å². The van der Waals surface area contributed by atoms with Crippen LogP contribution in [0.2, 0.25) is 0 Å². The molecule has 0 amide bonds. The third-order valence-electron chi connectivity index (χ3n) is 13.7. The Morgan fingerprint density at radius 2 is 0.493 bits per heavy atom. The SMILES string of the molecule is CCCCC/C=C\C/C=C\C/C=C\C/C=C\CCCCCC(=O)OC[C@H](COC(=O)CCCCCCC/C=C\C/C=C\CCCCC)OC(=O)CCCCCCCCCCCCCCCCCCCCCCC. The Hall–Kier alpha value is -3.15. The van der Waals surface area contributed by atoms with Gasteiger partial charge in [-0.1, -0.05) is 273 Å². The molecule has 0 saturated heterocycles. The van der Waals surface area contributed by atoms with Crippen molar-refractivity contribution in [2.75, 3.05) is 13.2 Å². The minimum absolute atomic E-state index is 0.0908. The van der Waals surface area contributed by atoms with Gasteiger partial charge in [-0.25, -0.2) is 0 Å². The lowest BCUT2D eigenvalue weighted by Gasteiger charge is -2.18. The third kappa shape index (κ3) is 59.6. The van der Waals surface area contributed by atoms with Crippen molar-refractivity contribution in [3.05, 3.63) is 72.9 Å². The number of carbonyl (C=O) groups excluding carboxylic acids is 3. The molecule has 0 heterocycles. The fourth-order valence-electron chi connectivity index (χ4n) is 8.93. The van der Waals surface area contributed by atoms with Gasteiger partial charge in [-0.05, 0) is 96.3 Å². The van der Waals surface area contributed by atoms with Crippen LogP contribution in [-0.4, -0.2) is 37.2 Å². The lowest BCUT2D eigenvalue weighted by Crippen LogP contribution is -2.30. The van der Waals surface area contributed by atoms with E-state index in [9.17, 15) is 14.4 Å². The van der Waals surface area contributed by atoms with E-state index in [1.165, 1.54) is 173 Å². The lowest BCUT2D eigenvalue weighted by atomic mass is 10.0. The van der Waals surface area contributed by atoms with Crippen molar-refractivity contribution < 1.29 is 28.6 Å². The molecule has 0 spiro atoms. The zero-order valence-electron chi connectivity index (χ0n) is 48.4. The molecule has 0 aliphatic heterocycles. The average Bonchev–Trinajstić information content (AvgIpc) is 3.39. The Bertz CT molecular complexity index is 1360. The molecule has 0 N–H and O–H groups in total. The van der Waals surface area contributed by atoms with Crippen molar-refractivity contribution in [1.82, 2.24) is 0 Å². The predicted octanol–water partition coefficient (Wildman–Crippen LogP) is 21.3. The Kier molecular flexibility index (Phi) is 58.7. The van der Waals surface area contributed by atoms with E-state index in [-0.39, 0.29) is 31.1 Å². The van der Waals surface area contributed by atoms with Crippen LogP contribution < -0.4 is 0 Å². The van der Waals surface area contributed by atoms with Gasteiger partial charge in [0, 0.05) is 19.3 Å². The van der Waals surface area contributed by atoms with Crippen LogP contribution in [0.25, 0.3) is 0 Å². The van der Waals surface area contributed by atoms with Crippen molar-refractivity contribution >= 4 is 17.9 Å². The van der Waals surface area contributed by atoms with E-state index in [0.29, 0.717) is 19.3 Å². The molecule has 0 rings (SSSR count). The van der Waals surface area contributed by atoms with Crippen molar-refractivity contribution in [3.63, 3.8) is 0 Å². The summed E-state index contributed by atoms with van der Waals surface area (Å²) in [6.45, 7) is 6.59. The van der Waals surface area contributed by atoms with E-state index in [2.05, 4.69) is 93.7 Å². The van der Waals surface area contributed by atoms with E-state index >= 15 is 0 Å². The highest BCUT2D eigenvalue weighted by molar-refractivity contribution is 5.71. The van der Waals surface area contributed by atoms with Gasteiger partial charge >= 0.3 is 17.9 Å². The molecule has 0 radical (unpaired) electrons. The van der Waals surface area contributed by atoms with Crippen LogP contribution in [0.15, 0.2) is 72.9 Å². The normalized spacial score (nSPS) is 12.5. The van der Waals surface area contributed by atoms with Gasteiger partial charge in [0.2, 0.25) is 0 Å². The van der Waals surface area contributed by atoms with Crippen molar-refractivity contribution in [3.8, 4) is 0 Å². The molecule has 0 unspecified atom stereocenters. The van der Waals surface area contributed by atoms with Crippen LogP contribution in [0.3, 0.4) is 0 Å². The van der Waals surface area contributed by atoms with Crippen molar-refractivity contribution in [1.29, 1.82) is 0 Å². The van der Waals surface area contributed by atoms with Crippen molar-refractivity contribution in [2.24, 2.45) is 0 Å². The van der Waals surface area contributed by atoms with E-state index < -0.39 is 6.10 Å². The summed E-state index contributed by atoms with van der Waals surface area (Å²) in [6, 6.07) is 0. The number of unbranched alkanes of at least 4 members (excludes halogenated alkanes) is 34. The molecule has 0 aliphatic rings. The second-order valence-electron chi connectivity index (χ2n) is 21.0. The molecule has 422 valence electrons. The first-order chi connectivity index (χ1) is 36.0. The summed E-state index contributed by atoms with van der Waals surface area (Å²) in [4.78, 5) is 38.3. The standard InChI is InChI=1S/C67H118O6/c1-4-7-10-13-16-19-22-25-28-30-32-33-35-37-40-43-46-49-52-55-58-61-67(70)73-64(62-71-65(68)59-56-53-50-47-44-41-38-27-24-21-18-15-12-9-6-3)63-72-66(69)60-57-54-51-48-45-42-39-36-34-31-29-26-23-20-17-14-11-8-5-2/h17-18,20-21,26-27,29,34,36,38,42,45,64H,4-16,19,22-25,28,30-33,35,37,39-41,43-44,46-63H2,1-3H3/b20-17-,21-18-,29-26-,36-34-,38-27-,45-42-/t64-/m0/s1. The molecular weight excluding hydrogens is 901 g/mol. The summed E-state index contributed by atoms with van der Waals surface area (Å²) in [6.07, 6.45) is 79.0. The average molecular weight is 1020 g/mol. The molecular formula is C67H118O6. The van der Waals surface area contributed by atoms with Crippen LogP contribution >= 0.6 is 0 Å². The zero-order chi connectivity index (χ0) is 52.9. The van der Waals surface area contributed by atoms with Gasteiger partial charge in [0.05, 0.1) is 0 Å². The molecule has 0 aromatic heterocycles. The van der Waals surface area contributed by atoms with Gasteiger partial charge in [0.1, 0.15) is 13.2 Å². The molecule has 6 heteroatoms. The van der Waals surface area contributed by atoms with Gasteiger partial charge in [-0.2, -0.15) is 0 Å². The minimum Gasteiger partial charge on any atom is -0.462 e. The highest BCUT2D eigenvalue weighted by Crippen LogP contribution is 2.17. The van der Waals surface area contributed by atoms with Crippen LogP contribution in [-0.2, 0) is 28.6 Å². The first-order valence-electron chi connectivity index (χ1n) is 31.4. The maximum Gasteiger partial charge on any atom is 0.306 e. The number of rotatable bonds is 57. The fraction of sp³-hybridized carbons (Fsp3) is 0.776. The van der Waals surface area contributed by atoms with Crippen LogP contribution in [0.5, 0.6) is 0 Å². The topological polar surface area (TPSA) is 78.9 Å². The second-order valence-corrected chi connectivity index (χ2v) is 21.0. The summed E-state index contributed by atoms with van der Waals surface area (Å²) in [7, 11) is 0. The molecule has 0 fully saturated rings. The molecule has 0 aromatic carbocycles. The zero-order valence-corrected chi connectivity index (χ0v) is 48.4. The number of ether oxygens (including phenoxy) is 3. The van der Waals surface area contributed by atoms with Crippen LogP contribution in [0.4, 0.5) is 0 Å². The van der Waals surface area contributed by atoms with Gasteiger partial charge in [-0.3, -0.25) is 14.4 Å². The summed E-state index contributed by atoms with van der Waals surface area (Å²) in [5, 5.41) is 0. The van der Waals surface area contributed by atoms with E-state index in [1.54, 1.807) is 0 Å². The van der Waals surface area contributed by atoms with Gasteiger partial charge < -0.3 is 14.2 Å². The highest BCUT2D eigenvalue weighted by atomic mass is 16.6. The van der Waals surface area contributed by atoms with E-state index in [4.69, 9.17) is 14.2 Å². The number of esters is 3. The fourth-order valence-corrected chi connectivity index (χ4v) is 8.93. The summed E-state index contributed by atoms with van der Waals surface area (Å²) >= 11 is 0. The summed E-state index contributed by atoms with van der Waals surface area (Å²) in [5.74, 6) is -0.920. The number of hydrogen-bond acceptors (Lipinski definition) is 6. The Morgan fingerprint density at radius 3 is 0.808 bits per heavy atom. The van der Waals surface area contributed by atoms with Gasteiger partial charge in [-0.15, -0.1) is 0 Å². The Morgan fingerprint density at radius 1 is 0.274 bits per heavy atom. The second kappa shape index (κ2) is 61.4.